The first kappa shape index (κ1) is 15.9. The van der Waals surface area contributed by atoms with Crippen molar-refractivity contribution in [3.63, 3.8) is 0 Å². The normalized spacial score (nSPS) is 27.7. The Morgan fingerprint density at radius 2 is 1.75 bits per heavy atom. The summed E-state index contributed by atoms with van der Waals surface area (Å²) in [6.07, 6.45) is 3.36. The minimum absolute atomic E-state index is 0.162. The maximum atomic E-state index is 12.9. The lowest BCUT2D eigenvalue weighted by Gasteiger charge is -2.39. The Labute approximate surface area is 143 Å². The summed E-state index contributed by atoms with van der Waals surface area (Å²) >= 11 is 0. The molecule has 0 radical (unpaired) electrons. The van der Waals surface area contributed by atoms with Gasteiger partial charge in [-0.25, -0.2) is 0 Å². The van der Waals surface area contributed by atoms with Crippen molar-refractivity contribution in [2.75, 3.05) is 57.5 Å². The van der Waals surface area contributed by atoms with Crippen molar-refractivity contribution in [1.29, 1.82) is 0 Å². The van der Waals surface area contributed by atoms with E-state index >= 15 is 0 Å². The molecule has 5 heteroatoms. The molecule has 5 nitrogen and oxygen atoms in total. The van der Waals surface area contributed by atoms with Crippen molar-refractivity contribution in [3.05, 3.63) is 29.8 Å². The summed E-state index contributed by atoms with van der Waals surface area (Å²) in [7, 11) is 0. The van der Waals surface area contributed by atoms with Crippen molar-refractivity contribution >= 4 is 11.6 Å². The first-order valence-electron chi connectivity index (χ1n) is 9.06. The van der Waals surface area contributed by atoms with Gasteiger partial charge in [0.15, 0.2) is 0 Å². The third-order valence-corrected chi connectivity index (χ3v) is 5.62. The number of anilines is 1. The summed E-state index contributed by atoms with van der Waals surface area (Å²) in [5, 5.41) is 0. The van der Waals surface area contributed by atoms with Gasteiger partial charge in [0.25, 0.3) is 5.91 Å². The molecule has 1 amide bonds. The van der Waals surface area contributed by atoms with Gasteiger partial charge in [-0.3, -0.25) is 4.79 Å². The Morgan fingerprint density at radius 1 is 0.958 bits per heavy atom. The molecule has 0 unspecified atom stereocenters. The molecule has 0 saturated carbocycles. The Morgan fingerprint density at radius 3 is 2.46 bits per heavy atom. The van der Waals surface area contributed by atoms with Crippen LogP contribution in [0.3, 0.4) is 0 Å². The van der Waals surface area contributed by atoms with E-state index in [1.807, 2.05) is 17.0 Å². The molecule has 3 heterocycles. The average Bonchev–Trinajstić information content (AvgIpc) is 3.09. The lowest BCUT2D eigenvalue weighted by molar-refractivity contribution is 0.0462. The second kappa shape index (κ2) is 6.73. The predicted octanol–water partition coefficient (Wildman–Crippen LogP) is 2.17. The number of hydrogen-bond donors (Lipinski definition) is 0. The SMILES string of the molecule is O=C(c1ccc(N2CCOCC2)cc1)N1CCC[C@]2(CCOC2)C1. The van der Waals surface area contributed by atoms with E-state index in [1.54, 1.807) is 0 Å². The van der Waals surface area contributed by atoms with Crippen molar-refractivity contribution in [2.24, 2.45) is 5.41 Å². The van der Waals surface area contributed by atoms with Gasteiger partial charge < -0.3 is 19.3 Å². The summed E-state index contributed by atoms with van der Waals surface area (Å²) < 4.78 is 11.0. The molecular weight excluding hydrogens is 304 g/mol. The lowest BCUT2D eigenvalue weighted by Crippen LogP contribution is -2.46. The average molecular weight is 330 g/mol. The molecule has 130 valence electrons. The Bertz CT molecular complexity index is 575. The van der Waals surface area contributed by atoms with Crippen LogP contribution in [0.4, 0.5) is 5.69 Å². The lowest BCUT2D eigenvalue weighted by atomic mass is 9.79. The third kappa shape index (κ3) is 3.15. The highest BCUT2D eigenvalue weighted by atomic mass is 16.5. The van der Waals surface area contributed by atoms with Crippen LogP contribution in [-0.2, 0) is 9.47 Å². The maximum Gasteiger partial charge on any atom is 0.253 e. The van der Waals surface area contributed by atoms with Crippen LogP contribution in [0, 0.1) is 5.41 Å². The Hall–Kier alpha value is -1.59. The summed E-state index contributed by atoms with van der Waals surface area (Å²) in [5.41, 5.74) is 2.18. The number of likely N-dealkylation sites (tertiary alicyclic amines) is 1. The standard InChI is InChI=1S/C19H26N2O3/c22-18(21-8-1-6-19(14-21)7-11-24-15-19)16-2-4-17(5-3-16)20-9-12-23-13-10-20/h2-5H,1,6-15H2/t19-/m0/s1. The zero-order valence-electron chi connectivity index (χ0n) is 14.2. The van der Waals surface area contributed by atoms with Gasteiger partial charge in [-0.05, 0) is 43.5 Å². The summed E-state index contributed by atoms with van der Waals surface area (Å²) in [5.74, 6) is 0.162. The van der Waals surface area contributed by atoms with Crippen molar-refractivity contribution in [3.8, 4) is 0 Å². The fourth-order valence-corrected chi connectivity index (χ4v) is 4.17. The van der Waals surface area contributed by atoms with E-state index in [0.29, 0.717) is 0 Å². The highest BCUT2D eigenvalue weighted by Crippen LogP contribution is 2.38. The number of amides is 1. The van der Waals surface area contributed by atoms with Crippen molar-refractivity contribution in [1.82, 2.24) is 4.90 Å². The summed E-state index contributed by atoms with van der Waals surface area (Å²) in [4.78, 5) is 17.2. The van der Waals surface area contributed by atoms with E-state index in [0.717, 1.165) is 71.0 Å². The molecule has 0 aromatic heterocycles. The van der Waals surface area contributed by atoms with E-state index in [9.17, 15) is 4.79 Å². The van der Waals surface area contributed by atoms with E-state index in [-0.39, 0.29) is 11.3 Å². The molecule has 1 spiro atoms. The Kier molecular flexibility index (Phi) is 4.46. The molecule has 3 saturated heterocycles. The second-order valence-electron chi connectivity index (χ2n) is 7.28. The zero-order chi connectivity index (χ0) is 16.4. The molecule has 3 aliphatic rings. The summed E-state index contributed by atoms with van der Waals surface area (Å²) in [6.45, 7) is 6.76. The molecule has 0 bridgehead atoms. The zero-order valence-corrected chi connectivity index (χ0v) is 14.2. The highest BCUT2D eigenvalue weighted by molar-refractivity contribution is 5.94. The fraction of sp³-hybridized carbons (Fsp3) is 0.632. The van der Waals surface area contributed by atoms with Crippen LogP contribution in [0.5, 0.6) is 0 Å². The molecule has 1 atom stereocenters. The summed E-state index contributed by atoms with van der Waals surface area (Å²) in [6, 6.07) is 8.08. The minimum Gasteiger partial charge on any atom is -0.381 e. The van der Waals surface area contributed by atoms with Gasteiger partial charge in [0.2, 0.25) is 0 Å². The van der Waals surface area contributed by atoms with Crippen molar-refractivity contribution in [2.45, 2.75) is 19.3 Å². The van der Waals surface area contributed by atoms with Gasteiger partial charge in [0, 0.05) is 49.5 Å². The number of morpholine rings is 1. The van der Waals surface area contributed by atoms with Crippen molar-refractivity contribution < 1.29 is 14.3 Å². The molecule has 1 aromatic rings. The fourth-order valence-electron chi connectivity index (χ4n) is 4.17. The van der Waals surface area contributed by atoms with Crippen LogP contribution in [0.25, 0.3) is 0 Å². The first-order valence-corrected chi connectivity index (χ1v) is 9.06. The van der Waals surface area contributed by atoms with E-state index in [1.165, 1.54) is 12.1 Å². The maximum absolute atomic E-state index is 12.9. The Balaban J connectivity index is 1.44. The molecule has 3 fully saturated rings. The van der Waals surface area contributed by atoms with Crippen LogP contribution >= 0.6 is 0 Å². The number of rotatable bonds is 2. The van der Waals surface area contributed by atoms with E-state index in [4.69, 9.17) is 9.47 Å². The van der Waals surface area contributed by atoms with Crippen LogP contribution < -0.4 is 4.90 Å². The van der Waals surface area contributed by atoms with Gasteiger partial charge in [0.05, 0.1) is 19.8 Å². The molecule has 4 rings (SSSR count). The molecule has 24 heavy (non-hydrogen) atoms. The molecule has 1 aromatic carbocycles. The molecular formula is C19H26N2O3. The second-order valence-corrected chi connectivity index (χ2v) is 7.28. The van der Waals surface area contributed by atoms with Gasteiger partial charge >= 0.3 is 0 Å². The van der Waals surface area contributed by atoms with Crippen LogP contribution in [0.2, 0.25) is 0 Å². The van der Waals surface area contributed by atoms with Gasteiger partial charge in [0.1, 0.15) is 0 Å². The quantitative estimate of drug-likeness (QED) is 0.833. The van der Waals surface area contributed by atoms with Gasteiger partial charge in [-0.15, -0.1) is 0 Å². The smallest absolute Gasteiger partial charge is 0.253 e. The molecule has 0 N–H and O–H groups in total. The number of piperidine rings is 1. The predicted molar refractivity (Wildman–Crippen MR) is 92.5 cm³/mol. The van der Waals surface area contributed by atoms with Crippen LogP contribution in [0.15, 0.2) is 24.3 Å². The van der Waals surface area contributed by atoms with E-state index in [2.05, 4.69) is 17.0 Å². The number of hydrogen-bond acceptors (Lipinski definition) is 4. The highest BCUT2D eigenvalue weighted by Gasteiger charge is 2.40. The topological polar surface area (TPSA) is 42.0 Å². The number of ether oxygens (including phenoxy) is 2. The van der Waals surface area contributed by atoms with Crippen LogP contribution in [0.1, 0.15) is 29.6 Å². The number of benzene rings is 1. The largest absolute Gasteiger partial charge is 0.381 e. The van der Waals surface area contributed by atoms with Gasteiger partial charge in [-0.2, -0.15) is 0 Å². The first-order chi connectivity index (χ1) is 11.8. The monoisotopic (exact) mass is 330 g/mol. The minimum atomic E-state index is 0.162. The van der Waals surface area contributed by atoms with E-state index < -0.39 is 0 Å². The molecule has 3 aliphatic heterocycles. The third-order valence-electron chi connectivity index (χ3n) is 5.62. The van der Waals surface area contributed by atoms with Crippen LogP contribution in [-0.4, -0.2) is 63.4 Å². The number of nitrogens with zero attached hydrogens (tertiary/aromatic N) is 2. The molecule has 0 aliphatic carbocycles. The number of carbonyl (C=O) groups excluding carboxylic acids is 1. The number of carbonyl (C=O) groups is 1. The van der Waals surface area contributed by atoms with Gasteiger partial charge in [-0.1, -0.05) is 0 Å².